The number of ether oxygens (including phenoxy) is 1. The van der Waals surface area contributed by atoms with E-state index in [1.54, 1.807) is 38.6 Å². The molecule has 1 aliphatic heterocycles. The molecule has 35 heavy (non-hydrogen) atoms. The van der Waals surface area contributed by atoms with Crippen molar-refractivity contribution in [3.8, 4) is 5.75 Å². The second kappa shape index (κ2) is 10.7. The van der Waals surface area contributed by atoms with Crippen LogP contribution < -0.4 is 10.1 Å². The van der Waals surface area contributed by atoms with E-state index in [1.165, 1.54) is 9.91 Å². The molecular weight excluding hydrogens is 468 g/mol. The summed E-state index contributed by atoms with van der Waals surface area (Å²) in [6, 6.07) is 16.2. The molecule has 1 atom stereocenters. The predicted molar refractivity (Wildman–Crippen MR) is 135 cm³/mol. The van der Waals surface area contributed by atoms with E-state index in [1.807, 2.05) is 43.3 Å². The van der Waals surface area contributed by atoms with Crippen molar-refractivity contribution >= 4 is 34.8 Å². The van der Waals surface area contributed by atoms with Crippen molar-refractivity contribution in [3.63, 3.8) is 0 Å². The highest BCUT2D eigenvalue weighted by atomic mass is 35.5. The molecule has 3 aromatic rings. The number of carbonyl (C=O) groups excluding carboxylic acids is 2. The van der Waals surface area contributed by atoms with Gasteiger partial charge in [-0.2, -0.15) is 5.10 Å². The predicted octanol–water partition coefficient (Wildman–Crippen LogP) is 4.50. The number of rotatable bonds is 8. The molecule has 8 nitrogen and oxygen atoms in total. The molecule has 0 radical (unpaired) electrons. The van der Waals surface area contributed by atoms with Gasteiger partial charge in [0.05, 0.1) is 24.2 Å². The molecule has 0 fully saturated rings. The van der Waals surface area contributed by atoms with Gasteiger partial charge in [0.15, 0.2) is 6.61 Å². The van der Waals surface area contributed by atoms with Gasteiger partial charge in [-0.15, -0.1) is 0 Å². The average molecular weight is 495 g/mol. The first-order valence-corrected chi connectivity index (χ1v) is 11.6. The fraction of sp³-hybridized carbons (Fsp3) is 0.269. The highest BCUT2D eigenvalue weighted by Gasteiger charge is 2.34. The molecular formula is C26H27ClN4O4. The Hall–Kier alpha value is -3.78. The Morgan fingerprint density at radius 3 is 2.66 bits per heavy atom. The third-order valence-electron chi connectivity index (χ3n) is 5.63. The van der Waals surface area contributed by atoms with E-state index in [0.29, 0.717) is 28.6 Å². The van der Waals surface area contributed by atoms with E-state index in [0.717, 1.165) is 16.8 Å². The zero-order valence-corrected chi connectivity index (χ0v) is 20.6. The van der Waals surface area contributed by atoms with Crippen LogP contribution >= 0.6 is 11.6 Å². The van der Waals surface area contributed by atoms with E-state index in [2.05, 4.69) is 10.4 Å². The quantitative estimate of drug-likeness (QED) is 0.498. The van der Waals surface area contributed by atoms with E-state index in [4.69, 9.17) is 20.8 Å². The number of anilines is 1. The standard InChI is InChI=1S/C26H27ClN4O4/c1-17-6-11-20(24(13-17)35-16-26(33)30(2)3)28-15-25(32)31-22(23-5-4-12-34-23)14-21(29-31)18-7-9-19(27)10-8-18/h4-13,22,28H,14-16H2,1-3H3. The molecule has 2 heterocycles. The number of hydrazone groups is 1. The number of benzene rings is 2. The van der Waals surface area contributed by atoms with Gasteiger partial charge in [-0.25, -0.2) is 5.01 Å². The van der Waals surface area contributed by atoms with Crippen molar-refractivity contribution < 1.29 is 18.7 Å². The van der Waals surface area contributed by atoms with Crippen LogP contribution in [0.15, 0.2) is 70.4 Å². The first-order valence-electron chi connectivity index (χ1n) is 11.2. The smallest absolute Gasteiger partial charge is 0.262 e. The summed E-state index contributed by atoms with van der Waals surface area (Å²) in [5.41, 5.74) is 3.27. The van der Waals surface area contributed by atoms with Gasteiger partial charge >= 0.3 is 0 Å². The van der Waals surface area contributed by atoms with Crippen LogP contribution in [0.3, 0.4) is 0 Å². The van der Waals surface area contributed by atoms with Crippen LogP contribution in [0.5, 0.6) is 5.75 Å². The maximum Gasteiger partial charge on any atom is 0.262 e. The lowest BCUT2D eigenvalue weighted by atomic mass is 10.0. The molecule has 9 heteroatoms. The van der Waals surface area contributed by atoms with Gasteiger partial charge in [-0.05, 0) is 54.4 Å². The van der Waals surface area contributed by atoms with E-state index in [-0.39, 0.29) is 31.0 Å². The first kappa shape index (κ1) is 24.3. The molecule has 1 aromatic heterocycles. The Kier molecular flexibility index (Phi) is 7.41. The lowest BCUT2D eigenvalue weighted by Crippen LogP contribution is -2.32. The minimum Gasteiger partial charge on any atom is -0.482 e. The van der Waals surface area contributed by atoms with Crippen LogP contribution in [-0.4, -0.2) is 54.7 Å². The molecule has 2 amide bonds. The van der Waals surface area contributed by atoms with Gasteiger partial charge in [0.25, 0.3) is 11.8 Å². The largest absolute Gasteiger partial charge is 0.482 e. The van der Waals surface area contributed by atoms with Crippen molar-refractivity contribution in [2.45, 2.75) is 19.4 Å². The summed E-state index contributed by atoms with van der Waals surface area (Å²) in [5, 5.41) is 9.86. The number of likely N-dealkylation sites (N-methyl/N-ethyl adjacent to an activating group) is 1. The summed E-state index contributed by atoms with van der Waals surface area (Å²) in [4.78, 5) is 26.7. The van der Waals surface area contributed by atoms with Gasteiger partial charge in [0.1, 0.15) is 17.6 Å². The number of nitrogens with zero attached hydrogens (tertiary/aromatic N) is 3. The van der Waals surface area contributed by atoms with Crippen molar-refractivity contribution in [3.05, 3.63) is 82.8 Å². The summed E-state index contributed by atoms with van der Waals surface area (Å²) in [5.74, 6) is 0.775. The van der Waals surface area contributed by atoms with E-state index >= 15 is 0 Å². The number of furan rings is 1. The fourth-order valence-corrected chi connectivity index (χ4v) is 3.80. The van der Waals surface area contributed by atoms with Crippen LogP contribution in [0.2, 0.25) is 5.02 Å². The molecule has 0 aliphatic carbocycles. The van der Waals surface area contributed by atoms with E-state index in [9.17, 15) is 9.59 Å². The molecule has 0 saturated heterocycles. The van der Waals surface area contributed by atoms with Crippen molar-refractivity contribution in [1.29, 1.82) is 0 Å². The number of aryl methyl sites for hydroxylation is 1. The first-order chi connectivity index (χ1) is 16.8. The van der Waals surface area contributed by atoms with Gasteiger partial charge in [-0.1, -0.05) is 29.8 Å². The van der Waals surface area contributed by atoms with Crippen molar-refractivity contribution in [2.24, 2.45) is 5.10 Å². The monoisotopic (exact) mass is 494 g/mol. The minimum absolute atomic E-state index is 0.0182. The molecule has 4 rings (SSSR count). The summed E-state index contributed by atoms with van der Waals surface area (Å²) < 4.78 is 11.3. The number of nitrogens with one attached hydrogen (secondary N) is 1. The third kappa shape index (κ3) is 5.84. The zero-order chi connectivity index (χ0) is 24.9. The highest BCUT2D eigenvalue weighted by Crippen LogP contribution is 2.33. The maximum atomic E-state index is 13.3. The van der Waals surface area contributed by atoms with Crippen molar-refractivity contribution in [2.75, 3.05) is 32.6 Å². The summed E-state index contributed by atoms with van der Waals surface area (Å²) in [7, 11) is 3.34. The van der Waals surface area contributed by atoms with Gasteiger partial charge in [0.2, 0.25) is 0 Å². The molecule has 1 N–H and O–H groups in total. The Bertz CT molecular complexity index is 1220. The minimum atomic E-state index is -0.351. The summed E-state index contributed by atoms with van der Waals surface area (Å²) in [6.07, 6.45) is 2.11. The van der Waals surface area contributed by atoms with Crippen LogP contribution in [0.25, 0.3) is 0 Å². The molecule has 182 valence electrons. The van der Waals surface area contributed by atoms with Crippen LogP contribution in [0.1, 0.15) is 29.3 Å². The van der Waals surface area contributed by atoms with Crippen LogP contribution in [0.4, 0.5) is 5.69 Å². The molecule has 1 aliphatic rings. The lowest BCUT2D eigenvalue weighted by molar-refractivity contribution is -0.132. The molecule has 0 bridgehead atoms. The Labute approximate surface area is 209 Å². The number of amides is 2. The molecule has 0 saturated carbocycles. The number of halogens is 1. The molecule has 2 aromatic carbocycles. The van der Waals surface area contributed by atoms with Gasteiger partial charge < -0.3 is 19.4 Å². The third-order valence-corrected chi connectivity index (χ3v) is 5.88. The number of hydrogen-bond donors (Lipinski definition) is 1. The van der Waals surface area contributed by atoms with Crippen LogP contribution in [0, 0.1) is 6.92 Å². The molecule has 1 unspecified atom stereocenters. The van der Waals surface area contributed by atoms with Crippen LogP contribution in [-0.2, 0) is 9.59 Å². The van der Waals surface area contributed by atoms with Gasteiger partial charge in [-0.3, -0.25) is 9.59 Å². The zero-order valence-electron chi connectivity index (χ0n) is 19.8. The summed E-state index contributed by atoms with van der Waals surface area (Å²) >= 11 is 6.03. The summed E-state index contributed by atoms with van der Waals surface area (Å²) in [6.45, 7) is 1.82. The average Bonchev–Trinajstić information content (AvgIpc) is 3.52. The Morgan fingerprint density at radius 1 is 1.20 bits per heavy atom. The molecule has 0 spiro atoms. The number of carbonyl (C=O) groups is 2. The van der Waals surface area contributed by atoms with Crippen molar-refractivity contribution in [1.82, 2.24) is 9.91 Å². The fourth-order valence-electron chi connectivity index (χ4n) is 3.68. The normalized spacial score (nSPS) is 15.0. The second-order valence-corrected chi connectivity index (χ2v) is 8.89. The Morgan fingerprint density at radius 2 is 1.97 bits per heavy atom. The topological polar surface area (TPSA) is 87.4 Å². The second-order valence-electron chi connectivity index (χ2n) is 8.46. The SMILES string of the molecule is Cc1ccc(NCC(=O)N2N=C(c3ccc(Cl)cc3)CC2c2ccco2)c(OCC(=O)N(C)C)c1. The number of hydrogen-bond acceptors (Lipinski definition) is 6. The highest BCUT2D eigenvalue weighted by molar-refractivity contribution is 6.30. The van der Waals surface area contributed by atoms with Gasteiger partial charge in [0, 0.05) is 25.5 Å². The maximum absolute atomic E-state index is 13.3. The Balaban J connectivity index is 1.51. The lowest BCUT2D eigenvalue weighted by Gasteiger charge is -2.21. The van der Waals surface area contributed by atoms with E-state index < -0.39 is 0 Å².